The second-order valence-electron chi connectivity index (χ2n) is 2.80. The molecule has 0 saturated heterocycles. The maximum atomic E-state index is 9.04. The van der Waals surface area contributed by atoms with Gasteiger partial charge in [-0.2, -0.15) is 0 Å². The number of aliphatic hydroxyl groups is 1. The fraction of sp³-hybridized carbons (Fsp3) is 0.273. The Hall–Kier alpha value is -1.28. The van der Waals surface area contributed by atoms with Crippen LogP contribution in [0.25, 0.3) is 0 Å². The van der Waals surface area contributed by atoms with Gasteiger partial charge in [-0.3, -0.25) is 0 Å². The minimum absolute atomic E-state index is 0.00809. The molecule has 0 bridgehead atoms. The van der Waals surface area contributed by atoms with Gasteiger partial charge in [0, 0.05) is 5.56 Å². The Morgan fingerprint density at radius 2 is 2.31 bits per heavy atom. The first-order valence-electron chi connectivity index (χ1n) is 4.19. The van der Waals surface area contributed by atoms with Gasteiger partial charge < -0.3 is 9.84 Å². The van der Waals surface area contributed by atoms with Crippen LogP contribution in [0, 0.1) is 0 Å². The largest absolute Gasteiger partial charge is 0.496 e. The van der Waals surface area contributed by atoms with Gasteiger partial charge in [0.1, 0.15) is 5.75 Å². The van der Waals surface area contributed by atoms with E-state index in [1.165, 1.54) is 0 Å². The fourth-order valence-corrected chi connectivity index (χ4v) is 1.25. The van der Waals surface area contributed by atoms with E-state index in [1.54, 1.807) is 7.11 Å². The summed E-state index contributed by atoms with van der Waals surface area (Å²) >= 11 is 0. The van der Waals surface area contributed by atoms with E-state index in [-0.39, 0.29) is 6.61 Å². The summed E-state index contributed by atoms with van der Waals surface area (Å²) in [4.78, 5) is 0. The second kappa shape index (κ2) is 4.67. The van der Waals surface area contributed by atoms with Gasteiger partial charge in [-0.15, -0.1) is 6.58 Å². The van der Waals surface area contributed by atoms with E-state index in [0.29, 0.717) is 0 Å². The van der Waals surface area contributed by atoms with Crippen LogP contribution in [0.15, 0.2) is 30.9 Å². The van der Waals surface area contributed by atoms with Gasteiger partial charge >= 0.3 is 0 Å². The van der Waals surface area contributed by atoms with Crippen LogP contribution in [-0.2, 0) is 13.0 Å². The molecule has 1 rings (SSSR count). The molecule has 0 heterocycles. The Balaban J connectivity index is 2.98. The normalized spacial score (nSPS) is 9.69. The molecule has 0 unspecified atom stereocenters. The van der Waals surface area contributed by atoms with Crippen LogP contribution in [0.2, 0.25) is 0 Å². The quantitative estimate of drug-likeness (QED) is 0.714. The van der Waals surface area contributed by atoms with E-state index in [4.69, 9.17) is 9.84 Å². The lowest BCUT2D eigenvalue weighted by Gasteiger charge is -2.07. The van der Waals surface area contributed by atoms with E-state index in [0.717, 1.165) is 23.3 Å². The molecule has 1 N–H and O–H groups in total. The smallest absolute Gasteiger partial charge is 0.124 e. The number of ether oxygens (including phenoxy) is 1. The van der Waals surface area contributed by atoms with Gasteiger partial charge in [-0.1, -0.05) is 12.1 Å². The SMILES string of the molecule is C=CCc1ccc(OC)c(CO)c1. The Kier molecular flexibility index (Phi) is 3.53. The van der Waals surface area contributed by atoms with Gasteiger partial charge in [0.15, 0.2) is 0 Å². The van der Waals surface area contributed by atoms with Crippen LogP contribution in [0.5, 0.6) is 5.75 Å². The van der Waals surface area contributed by atoms with E-state index in [9.17, 15) is 0 Å². The summed E-state index contributed by atoms with van der Waals surface area (Å²) in [6.07, 6.45) is 2.65. The zero-order chi connectivity index (χ0) is 9.68. The first-order valence-corrected chi connectivity index (χ1v) is 4.19. The van der Waals surface area contributed by atoms with Crippen LogP contribution >= 0.6 is 0 Å². The van der Waals surface area contributed by atoms with Gasteiger partial charge in [0.25, 0.3) is 0 Å². The highest BCUT2D eigenvalue weighted by Gasteiger charge is 2.01. The van der Waals surface area contributed by atoms with Crippen LogP contribution in [0.1, 0.15) is 11.1 Å². The zero-order valence-corrected chi connectivity index (χ0v) is 7.79. The third-order valence-corrected chi connectivity index (χ3v) is 1.90. The molecule has 0 aliphatic heterocycles. The predicted octanol–water partition coefficient (Wildman–Crippen LogP) is 1.92. The van der Waals surface area contributed by atoms with Crippen molar-refractivity contribution in [3.05, 3.63) is 42.0 Å². The van der Waals surface area contributed by atoms with Gasteiger partial charge in [-0.25, -0.2) is 0 Å². The third-order valence-electron chi connectivity index (χ3n) is 1.90. The maximum absolute atomic E-state index is 9.04. The molecule has 1 aromatic carbocycles. The van der Waals surface area contributed by atoms with Crippen LogP contribution < -0.4 is 4.74 Å². The molecular formula is C11H14O2. The zero-order valence-electron chi connectivity index (χ0n) is 7.79. The van der Waals surface area contributed by atoms with Crippen LogP contribution in [0.3, 0.4) is 0 Å². The van der Waals surface area contributed by atoms with Crippen molar-refractivity contribution in [3.63, 3.8) is 0 Å². The summed E-state index contributed by atoms with van der Waals surface area (Å²) < 4.78 is 5.08. The van der Waals surface area contributed by atoms with E-state index in [2.05, 4.69) is 6.58 Å². The molecule has 70 valence electrons. The number of rotatable bonds is 4. The van der Waals surface area contributed by atoms with Crippen molar-refractivity contribution in [1.29, 1.82) is 0 Å². The molecule has 0 aliphatic carbocycles. The molecule has 0 saturated carbocycles. The number of hydrogen-bond donors (Lipinski definition) is 1. The van der Waals surface area contributed by atoms with Crippen molar-refractivity contribution in [3.8, 4) is 5.75 Å². The Morgan fingerprint density at radius 3 is 2.85 bits per heavy atom. The van der Waals surface area contributed by atoms with E-state index < -0.39 is 0 Å². The average molecular weight is 178 g/mol. The molecular weight excluding hydrogens is 164 g/mol. The molecule has 0 fully saturated rings. The number of methoxy groups -OCH3 is 1. The molecule has 0 atom stereocenters. The topological polar surface area (TPSA) is 29.5 Å². The highest BCUT2D eigenvalue weighted by molar-refractivity contribution is 5.37. The summed E-state index contributed by atoms with van der Waals surface area (Å²) in [5.41, 5.74) is 1.96. The standard InChI is InChI=1S/C11H14O2/c1-3-4-9-5-6-11(13-2)10(7-9)8-12/h3,5-7,12H,1,4,8H2,2H3. The minimum Gasteiger partial charge on any atom is -0.496 e. The molecule has 2 nitrogen and oxygen atoms in total. The van der Waals surface area contributed by atoms with Crippen molar-refractivity contribution in [2.24, 2.45) is 0 Å². The lowest BCUT2D eigenvalue weighted by molar-refractivity contribution is 0.273. The first-order chi connectivity index (χ1) is 6.31. The summed E-state index contributed by atoms with van der Waals surface area (Å²) in [5.74, 6) is 0.732. The fourth-order valence-electron chi connectivity index (χ4n) is 1.25. The molecule has 0 aromatic heterocycles. The summed E-state index contributed by atoms with van der Waals surface area (Å²) in [7, 11) is 1.60. The predicted molar refractivity (Wildman–Crippen MR) is 52.8 cm³/mol. The number of hydrogen-bond acceptors (Lipinski definition) is 2. The Labute approximate surface area is 78.5 Å². The number of benzene rings is 1. The summed E-state index contributed by atoms with van der Waals surface area (Å²) in [5, 5.41) is 9.04. The summed E-state index contributed by atoms with van der Waals surface area (Å²) in [6.45, 7) is 3.67. The molecule has 0 spiro atoms. The maximum Gasteiger partial charge on any atom is 0.124 e. The molecule has 0 amide bonds. The van der Waals surface area contributed by atoms with Crippen LogP contribution in [0.4, 0.5) is 0 Å². The first kappa shape index (κ1) is 9.81. The lowest BCUT2D eigenvalue weighted by atomic mass is 10.1. The second-order valence-corrected chi connectivity index (χ2v) is 2.80. The summed E-state index contributed by atoms with van der Waals surface area (Å²) in [6, 6.07) is 5.77. The molecule has 13 heavy (non-hydrogen) atoms. The van der Waals surface area contributed by atoms with E-state index in [1.807, 2.05) is 24.3 Å². The number of allylic oxidation sites excluding steroid dienone is 1. The van der Waals surface area contributed by atoms with Crippen molar-refractivity contribution in [2.45, 2.75) is 13.0 Å². The van der Waals surface area contributed by atoms with Gasteiger partial charge in [0.2, 0.25) is 0 Å². The average Bonchev–Trinajstić information content (AvgIpc) is 2.18. The van der Waals surface area contributed by atoms with Crippen molar-refractivity contribution < 1.29 is 9.84 Å². The van der Waals surface area contributed by atoms with Crippen molar-refractivity contribution >= 4 is 0 Å². The van der Waals surface area contributed by atoms with E-state index >= 15 is 0 Å². The highest BCUT2D eigenvalue weighted by atomic mass is 16.5. The van der Waals surface area contributed by atoms with Crippen molar-refractivity contribution in [1.82, 2.24) is 0 Å². The number of aliphatic hydroxyl groups excluding tert-OH is 1. The third kappa shape index (κ3) is 2.33. The van der Waals surface area contributed by atoms with Crippen molar-refractivity contribution in [2.75, 3.05) is 7.11 Å². The van der Waals surface area contributed by atoms with Gasteiger partial charge in [0.05, 0.1) is 13.7 Å². The monoisotopic (exact) mass is 178 g/mol. The molecule has 0 aliphatic rings. The Bertz CT molecular complexity index is 292. The minimum atomic E-state index is 0.00809. The highest BCUT2D eigenvalue weighted by Crippen LogP contribution is 2.19. The lowest BCUT2D eigenvalue weighted by Crippen LogP contribution is -1.93. The van der Waals surface area contributed by atoms with Crippen LogP contribution in [-0.4, -0.2) is 12.2 Å². The van der Waals surface area contributed by atoms with Gasteiger partial charge in [-0.05, 0) is 24.1 Å². The molecule has 0 radical (unpaired) electrons. The Morgan fingerprint density at radius 1 is 1.54 bits per heavy atom. The molecule has 2 heteroatoms. The molecule has 1 aromatic rings.